The zero-order valence-electron chi connectivity index (χ0n) is 10.5. The Balaban J connectivity index is 2.39. The molecule has 0 bridgehead atoms. The first kappa shape index (κ1) is 11.3. The SMILES string of the molecule is CN1CCCc2c(n(C)c3c(F)cccc23)C1=O. The van der Waals surface area contributed by atoms with Crippen LogP contribution in [0.4, 0.5) is 4.39 Å². The van der Waals surface area contributed by atoms with Crippen molar-refractivity contribution in [1.29, 1.82) is 0 Å². The molecule has 0 fully saturated rings. The van der Waals surface area contributed by atoms with Crippen LogP contribution in [0, 0.1) is 5.82 Å². The molecule has 0 N–H and O–H groups in total. The summed E-state index contributed by atoms with van der Waals surface area (Å²) in [5.41, 5.74) is 2.16. The first-order chi connectivity index (χ1) is 8.61. The van der Waals surface area contributed by atoms with Crippen molar-refractivity contribution in [3.8, 4) is 0 Å². The largest absolute Gasteiger partial charge is 0.340 e. The molecular formula is C14H15FN2O. The molecule has 0 radical (unpaired) electrons. The number of nitrogens with zero attached hydrogens (tertiary/aromatic N) is 2. The standard InChI is InChI=1S/C14H15FN2O/c1-16-8-4-6-10-9-5-3-7-11(15)12(9)17(2)13(10)14(16)18/h3,5,7H,4,6,8H2,1-2H3. The van der Waals surface area contributed by atoms with E-state index in [0.29, 0.717) is 11.2 Å². The zero-order chi connectivity index (χ0) is 12.9. The minimum Gasteiger partial charge on any atom is -0.340 e. The quantitative estimate of drug-likeness (QED) is 0.700. The summed E-state index contributed by atoms with van der Waals surface area (Å²) in [6.45, 7) is 0.754. The molecule has 1 amide bonds. The average molecular weight is 246 g/mol. The summed E-state index contributed by atoms with van der Waals surface area (Å²) in [7, 11) is 3.56. The van der Waals surface area contributed by atoms with E-state index >= 15 is 0 Å². The number of hydrogen-bond donors (Lipinski definition) is 0. The Morgan fingerprint density at radius 2 is 2.06 bits per heavy atom. The Hall–Kier alpha value is -1.84. The first-order valence-electron chi connectivity index (χ1n) is 6.12. The number of aromatic nitrogens is 1. The number of fused-ring (bicyclic) bond motifs is 3. The van der Waals surface area contributed by atoms with Crippen LogP contribution < -0.4 is 0 Å². The van der Waals surface area contributed by atoms with Gasteiger partial charge in [0.2, 0.25) is 0 Å². The summed E-state index contributed by atoms with van der Waals surface area (Å²) >= 11 is 0. The van der Waals surface area contributed by atoms with Crippen molar-refractivity contribution in [3.63, 3.8) is 0 Å². The number of carbonyl (C=O) groups is 1. The van der Waals surface area contributed by atoms with Gasteiger partial charge < -0.3 is 9.47 Å². The van der Waals surface area contributed by atoms with E-state index < -0.39 is 0 Å². The third-order valence-electron chi connectivity index (χ3n) is 3.74. The highest BCUT2D eigenvalue weighted by Gasteiger charge is 2.26. The number of rotatable bonds is 0. The van der Waals surface area contributed by atoms with Crippen LogP contribution in [0.5, 0.6) is 0 Å². The highest BCUT2D eigenvalue weighted by atomic mass is 19.1. The summed E-state index contributed by atoms with van der Waals surface area (Å²) in [5.74, 6) is -0.279. The van der Waals surface area contributed by atoms with E-state index in [1.807, 2.05) is 6.07 Å². The van der Waals surface area contributed by atoms with Crippen molar-refractivity contribution in [2.45, 2.75) is 12.8 Å². The maximum absolute atomic E-state index is 13.9. The molecule has 18 heavy (non-hydrogen) atoms. The van der Waals surface area contributed by atoms with Gasteiger partial charge in [0.15, 0.2) is 0 Å². The molecule has 0 aliphatic carbocycles. The molecule has 3 rings (SSSR count). The Morgan fingerprint density at radius 1 is 1.28 bits per heavy atom. The molecule has 2 heterocycles. The number of halogens is 1. The van der Waals surface area contributed by atoms with E-state index in [4.69, 9.17) is 0 Å². The van der Waals surface area contributed by atoms with Gasteiger partial charge in [-0.2, -0.15) is 0 Å². The lowest BCUT2D eigenvalue weighted by atomic mass is 10.1. The number of para-hydroxylation sites is 1. The molecule has 0 atom stereocenters. The van der Waals surface area contributed by atoms with Crippen molar-refractivity contribution >= 4 is 16.8 Å². The van der Waals surface area contributed by atoms with Gasteiger partial charge in [0.05, 0.1) is 5.52 Å². The number of amides is 1. The predicted octanol–water partition coefficient (Wildman–Crippen LogP) is 2.34. The fraction of sp³-hybridized carbons (Fsp3) is 0.357. The van der Waals surface area contributed by atoms with Crippen LogP contribution >= 0.6 is 0 Å². The van der Waals surface area contributed by atoms with Gasteiger partial charge in [0.25, 0.3) is 5.91 Å². The van der Waals surface area contributed by atoms with E-state index in [0.717, 1.165) is 30.3 Å². The maximum atomic E-state index is 13.9. The van der Waals surface area contributed by atoms with E-state index in [9.17, 15) is 9.18 Å². The number of carbonyl (C=O) groups excluding carboxylic acids is 1. The van der Waals surface area contributed by atoms with Gasteiger partial charge in [-0.1, -0.05) is 12.1 Å². The molecule has 1 aromatic carbocycles. The molecule has 0 spiro atoms. The molecule has 1 aromatic heterocycles. The van der Waals surface area contributed by atoms with Crippen molar-refractivity contribution in [3.05, 3.63) is 35.3 Å². The molecule has 0 saturated carbocycles. The monoisotopic (exact) mass is 246 g/mol. The zero-order valence-corrected chi connectivity index (χ0v) is 10.5. The van der Waals surface area contributed by atoms with Crippen molar-refractivity contribution in [1.82, 2.24) is 9.47 Å². The normalized spacial score (nSPS) is 15.9. The molecule has 94 valence electrons. The Kier molecular flexibility index (Phi) is 2.40. The van der Waals surface area contributed by atoms with Gasteiger partial charge >= 0.3 is 0 Å². The Morgan fingerprint density at radius 3 is 2.83 bits per heavy atom. The third kappa shape index (κ3) is 1.38. The molecule has 0 saturated heterocycles. The second-order valence-corrected chi connectivity index (χ2v) is 4.85. The highest BCUT2D eigenvalue weighted by Crippen LogP contribution is 2.30. The van der Waals surface area contributed by atoms with E-state index in [-0.39, 0.29) is 11.7 Å². The minimum absolute atomic E-state index is 0.0133. The number of aryl methyl sites for hydroxylation is 2. The summed E-state index contributed by atoms with van der Waals surface area (Å²) < 4.78 is 15.6. The van der Waals surface area contributed by atoms with Gasteiger partial charge in [-0.05, 0) is 24.5 Å². The molecule has 4 heteroatoms. The van der Waals surface area contributed by atoms with Gasteiger partial charge in [-0.25, -0.2) is 4.39 Å². The summed E-state index contributed by atoms with van der Waals surface area (Å²) in [5, 5.41) is 0.871. The van der Waals surface area contributed by atoms with Gasteiger partial charge in [0.1, 0.15) is 11.5 Å². The van der Waals surface area contributed by atoms with Crippen molar-refractivity contribution < 1.29 is 9.18 Å². The minimum atomic E-state index is -0.265. The second kappa shape index (κ2) is 3.83. The molecule has 0 unspecified atom stereocenters. The third-order valence-corrected chi connectivity index (χ3v) is 3.74. The molecule has 1 aliphatic rings. The van der Waals surface area contributed by atoms with E-state index in [1.54, 1.807) is 29.6 Å². The summed E-state index contributed by atoms with van der Waals surface area (Å²) in [6, 6.07) is 5.04. The lowest BCUT2D eigenvalue weighted by molar-refractivity contribution is 0.0791. The van der Waals surface area contributed by atoms with Gasteiger partial charge in [0, 0.05) is 26.0 Å². The molecule has 2 aromatic rings. The van der Waals surface area contributed by atoms with Crippen LogP contribution in [-0.4, -0.2) is 29.0 Å². The summed E-state index contributed by atoms with van der Waals surface area (Å²) in [4.78, 5) is 14.0. The highest BCUT2D eigenvalue weighted by molar-refractivity contribution is 6.02. The van der Waals surface area contributed by atoms with Crippen LogP contribution in [0.3, 0.4) is 0 Å². The Bertz CT molecular complexity index is 645. The molecular weight excluding hydrogens is 231 g/mol. The first-order valence-corrected chi connectivity index (χ1v) is 6.12. The van der Waals surface area contributed by atoms with Gasteiger partial charge in [-0.15, -0.1) is 0 Å². The number of hydrogen-bond acceptors (Lipinski definition) is 1. The maximum Gasteiger partial charge on any atom is 0.270 e. The predicted molar refractivity (Wildman–Crippen MR) is 68.2 cm³/mol. The van der Waals surface area contributed by atoms with Crippen LogP contribution in [0.2, 0.25) is 0 Å². The lowest BCUT2D eigenvalue weighted by Crippen LogP contribution is -2.27. The lowest BCUT2D eigenvalue weighted by Gasteiger charge is -2.14. The molecule has 3 nitrogen and oxygen atoms in total. The van der Waals surface area contributed by atoms with E-state index in [2.05, 4.69) is 0 Å². The van der Waals surface area contributed by atoms with Crippen LogP contribution in [0.25, 0.3) is 10.9 Å². The van der Waals surface area contributed by atoms with Crippen LogP contribution in [-0.2, 0) is 13.5 Å². The van der Waals surface area contributed by atoms with E-state index in [1.165, 1.54) is 6.07 Å². The van der Waals surface area contributed by atoms with Crippen LogP contribution in [0.15, 0.2) is 18.2 Å². The average Bonchev–Trinajstić information content (AvgIpc) is 2.53. The molecule has 1 aliphatic heterocycles. The topological polar surface area (TPSA) is 25.2 Å². The number of benzene rings is 1. The fourth-order valence-corrected chi connectivity index (χ4v) is 2.84. The fourth-order valence-electron chi connectivity index (χ4n) is 2.84. The summed E-state index contributed by atoms with van der Waals surface area (Å²) in [6.07, 6.45) is 1.75. The van der Waals surface area contributed by atoms with Crippen molar-refractivity contribution in [2.24, 2.45) is 7.05 Å². The van der Waals surface area contributed by atoms with Gasteiger partial charge in [-0.3, -0.25) is 4.79 Å². The van der Waals surface area contributed by atoms with Crippen molar-refractivity contribution in [2.75, 3.05) is 13.6 Å². The van der Waals surface area contributed by atoms with Crippen LogP contribution in [0.1, 0.15) is 22.5 Å². The second-order valence-electron chi connectivity index (χ2n) is 4.85. The smallest absolute Gasteiger partial charge is 0.270 e. The Labute approximate surface area is 105 Å².